The lowest BCUT2D eigenvalue weighted by Crippen LogP contribution is -2.41. The van der Waals surface area contributed by atoms with Gasteiger partial charge in [0.05, 0.1) is 11.2 Å². The van der Waals surface area contributed by atoms with Crippen molar-refractivity contribution in [2.75, 3.05) is 6.61 Å². The van der Waals surface area contributed by atoms with Gasteiger partial charge in [0.15, 0.2) is 0 Å². The van der Waals surface area contributed by atoms with Crippen LogP contribution in [0.15, 0.2) is 5.51 Å². The highest BCUT2D eigenvalue weighted by atomic mass is 32.1. The molecule has 1 atom stereocenters. The van der Waals surface area contributed by atoms with Crippen LogP contribution in [0.4, 0.5) is 0 Å². The molecule has 0 aromatic carbocycles. The Labute approximate surface area is 95.6 Å². The standard InChI is InChI=1S/C11H20N2OS/c1-4-11(3,5-6-14)13-7-10-9(2)12-8-15-10/h8,13-14H,4-7H2,1-3H3. The number of aliphatic hydroxyl groups is 1. The molecule has 1 aromatic rings. The van der Waals surface area contributed by atoms with Crippen LogP contribution in [0.3, 0.4) is 0 Å². The lowest BCUT2D eigenvalue weighted by atomic mass is 9.95. The lowest BCUT2D eigenvalue weighted by molar-refractivity contribution is 0.215. The Hall–Kier alpha value is -0.450. The Morgan fingerprint density at radius 2 is 2.33 bits per heavy atom. The van der Waals surface area contributed by atoms with E-state index in [4.69, 9.17) is 5.11 Å². The largest absolute Gasteiger partial charge is 0.396 e. The van der Waals surface area contributed by atoms with E-state index in [0.29, 0.717) is 0 Å². The number of hydrogen-bond donors (Lipinski definition) is 2. The summed E-state index contributed by atoms with van der Waals surface area (Å²) in [6.45, 7) is 7.41. The number of hydrogen-bond acceptors (Lipinski definition) is 4. The number of rotatable bonds is 6. The van der Waals surface area contributed by atoms with Crippen LogP contribution in [0.2, 0.25) is 0 Å². The molecule has 1 unspecified atom stereocenters. The predicted molar refractivity (Wildman–Crippen MR) is 64.1 cm³/mol. The molecule has 1 aromatic heterocycles. The second kappa shape index (κ2) is 5.58. The minimum atomic E-state index is 0.0329. The highest BCUT2D eigenvalue weighted by molar-refractivity contribution is 7.09. The Bertz CT molecular complexity index is 301. The third kappa shape index (κ3) is 3.55. The molecule has 86 valence electrons. The molecule has 15 heavy (non-hydrogen) atoms. The molecule has 4 heteroatoms. The Kier molecular flexibility index (Phi) is 4.70. The molecule has 1 heterocycles. The molecule has 0 aliphatic carbocycles. The second-order valence-electron chi connectivity index (χ2n) is 4.10. The molecule has 0 radical (unpaired) electrons. The van der Waals surface area contributed by atoms with E-state index < -0.39 is 0 Å². The molecule has 0 bridgehead atoms. The van der Waals surface area contributed by atoms with Gasteiger partial charge >= 0.3 is 0 Å². The van der Waals surface area contributed by atoms with Crippen LogP contribution in [-0.2, 0) is 6.54 Å². The van der Waals surface area contributed by atoms with Crippen molar-refractivity contribution in [1.29, 1.82) is 0 Å². The molecule has 3 nitrogen and oxygen atoms in total. The highest BCUT2D eigenvalue weighted by Gasteiger charge is 2.20. The van der Waals surface area contributed by atoms with Crippen molar-refractivity contribution in [3.05, 3.63) is 16.1 Å². The maximum absolute atomic E-state index is 9.00. The molecule has 1 rings (SSSR count). The monoisotopic (exact) mass is 228 g/mol. The molecule has 0 saturated carbocycles. The molecule has 2 N–H and O–H groups in total. The first-order valence-electron chi connectivity index (χ1n) is 5.36. The Balaban J connectivity index is 2.51. The van der Waals surface area contributed by atoms with Crippen LogP contribution in [0.25, 0.3) is 0 Å². The van der Waals surface area contributed by atoms with Crippen LogP contribution >= 0.6 is 11.3 Å². The van der Waals surface area contributed by atoms with Gasteiger partial charge in [-0.05, 0) is 26.7 Å². The number of thiazole rings is 1. The normalized spacial score (nSPS) is 15.2. The summed E-state index contributed by atoms with van der Waals surface area (Å²) in [5, 5.41) is 12.5. The van der Waals surface area contributed by atoms with Crippen LogP contribution in [-0.4, -0.2) is 22.2 Å². The number of nitrogens with zero attached hydrogens (tertiary/aromatic N) is 1. The first kappa shape index (κ1) is 12.6. The van der Waals surface area contributed by atoms with E-state index in [0.717, 1.165) is 25.1 Å². The van der Waals surface area contributed by atoms with E-state index in [9.17, 15) is 0 Å². The molecular weight excluding hydrogens is 208 g/mol. The summed E-state index contributed by atoms with van der Waals surface area (Å²) in [6, 6.07) is 0. The first-order valence-corrected chi connectivity index (χ1v) is 6.24. The first-order chi connectivity index (χ1) is 7.11. The van der Waals surface area contributed by atoms with Crippen LogP contribution in [0.5, 0.6) is 0 Å². The maximum atomic E-state index is 9.00. The van der Waals surface area contributed by atoms with Gasteiger partial charge in [-0.3, -0.25) is 0 Å². The zero-order valence-electron chi connectivity index (χ0n) is 9.71. The highest BCUT2D eigenvalue weighted by Crippen LogP contribution is 2.17. The van der Waals surface area contributed by atoms with Crippen molar-refractivity contribution >= 4 is 11.3 Å². The fourth-order valence-corrected chi connectivity index (χ4v) is 2.14. The average molecular weight is 228 g/mol. The van der Waals surface area contributed by atoms with Crippen molar-refractivity contribution in [3.63, 3.8) is 0 Å². The molecule has 0 aliphatic rings. The van der Waals surface area contributed by atoms with Gasteiger partial charge in [0, 0.05) is 23.6 Å². The van der Waals surface area contributed by atoms with E-state index in [1.54, 1.807) is 11.3 Å². The zero-order chi connectivity index (χ0) is 11.3. The van der Waals surface area contributed by atoms with Gasteiger partial charge in [0.25, 0.3) is 0 Å². The quantitative estimate of drug-likeness (QED) is 0.783. The van der Waals surface area contributed by atoms with E-state index in [-0.39, 0.29) is 12.1 Å². The van der Waals surface area contributed by atoms with Crippen molar-refractivity contribution in [3.8, 4) is 0 Å². The van der Waals surface area contributed by atoms with Crippen molar-refractivity contribution < 1.29 is 5.11 Å². The predicted octanol–water partition coefficient (Wildman–Crippen LogP) is 2.09. The average Bonchev–Trinajstić information content (AvgIpc) is 2.62. The van der Waals surface area contributed by atoms with Gasteiger partial charge in [0.1, 0.15) is 0 Å². The molecule has 0 spiro atoms. The molecule has 0 fully saturated rings. The topological polar surface area (TPSA) is 45.1 Å². The molecular formula is C11H20N2OS. The van der Waals surface area contributed by atoms with Crippen LogP contribution in [0, 0.1) is 6.92 Å². The Morgan fingerprint density at radius 1 is 1.60 bits per heavy atom. The minimum Gasteiger partial charge on any atom is -0.396 e. The van der Waals surface area contributed by atoms with Gasteiger partial charge in [-0.25, -0.2) is 4.98 Å². The summed E-state index contributed by atoms with van der Waals surface area (Å²) in [5.74, 6) is 0. The molecule has 0 aliphatic heterocycles. The summed E-state index contributed by atoms with van der Waals surface area (Å²) < 4.78 is 0. The summed E-state index contributed by atoms with van der Waals surface area (Å²) >= 11 is 1.68. The summed E-state index contributed by atoms with van der Waals surface area (Å²) in [4.78, 5) is 5.50. The van der Waals surface area contributed by atoms with Crippen LogP contribution < -0.4 is 5.32 Å². The van der Waals surface area contributed by atoms with Crippen molar-refractivity contribution in [2.24, 2.45) is 0 Å². The van der Waals surface area contributed by atoms with E-state index in [1.165, 1.54) is 4.88 Å². The van der Waals surface area contributed by atoms with Gasteiger partial charge in [-0.15, -0.1) is 11.3 Å². The lowest BCUT2D eigenvalue weighted by Gasteiger charge is -2.29. The Morgan fingerprint density at radius 3 is 2.80 bits per heavy atom. The molecule has 0 amide bonds. The third-order valence-corrected chi connectivity index (χ3v) is 3.90. The SMILES string of the molecule is CCC(C)(CCO)NCc1scnc1C. The van der Waals surface area contributed by atoms with E-state index in [2.05, 4.69) is 24.1 Å². The fraction of sp³-hybridized carbons (Fsp3) is 0.727. The van der Waals surface area contributed by atoms with E-state index in [1.807, 2.05) is 12.4 Å². The minimum absolute atomic E-state index is 0.0329. The van der Waals surface area contributed by atoms with Gasteiger partial charge in [-0.1, -0.05) is 6.92 Å². The second-order valence-corrected chi connectivity index (χ2v) is 5.04. The van der Waals surface area contributed by atoms with Crippen molar-refractivity contribution in [1.82, 2.24) is 10.3 Å². The van der Waals surface area contributed by atoms with Gasteiger partial charge in [0.2, 0.25) is 0 Å². The molecule has 0 saturated heterocycles. The smallest absolute Gasteiger partial charge is 0.0798 e. The number of aryl methyl sites for hydroxylation is 1. The van der Waals surface area contributed by atoms with E-state index >= 15 is 0 Å². The third-order valence-electron chi connectivity index (χ3n) is 2.96. The maximum Gasteiger partial charge on any atom is 0.0798 e. The number of aromatic nitrogens is 1. The van der Waals surface area contributed by atoms with Crippen LogP contribution in [0.1, 0.15) is 37.3 Å². The van der Waals surface area contributed by atoms with Gasteiger partial charge in [-0.2, -0.15) is 0 Å². The van der Waals surface area contributed by atoms with Gasteiger partial charge < -0.3 is 10.4 Å². The zero-order valence-corrected chi connectivity index (χ0v) is 10.5. The summed E-state index contributed by atoms with van der Waals surface area (Å²) in [6.07, 6.45) is 1.81. The number of aliphatic hydroxyl groups excluding tert-OH is 1. The summed E-state index contributed by atoms with van der Waals surface area (Å²) in [7, 11) is 0. The number of nitrogens with one attached hydrogen (secondary N) is 1. The summed E-state index contributed by atoms with van der Waals surface area (Å²) in [5.41, 5.74) is 3.02. The van der Waals surface area contributed by atoms with Crippen molar-refractivity contribution in [2.45, 2.75) is 45.7 Å². The fourth-order valence-electron chi connectivity index (χ4n) is 1.43.